The van der Waals surface area contributed by atoms with E-state index in [2.05, 4.69) is 109 Å². The first-order valence-electron chi connectivity index (χ1n) is 10.0. The lowest BCUT2D eigenvalue weighted by Gasteiger charge is -2.44. The van der Waals surface area contributed by atoms with E-state index in [-0.39, 0.29) is 5.41 Å². The molecule has 1 aliphatic carbocycles. The Morgan fingerprint density at radius 1 is 0.536 bits per heavy atom. The van der Waals surface area contributed by atoms with Crippen LogP contribution in [-0.4, -0.2) is 6.54 Å². The van der Waals surface area contributed by atoms with Crippen LogP contribution in [0.2, 0.25) is 0 Å². The van der Waals surface area contributed by atoms with Gasteiger partial charge in [-0.15, -0.1) is 0 Å². The summed E-state index contributed by atoms with van der Waals surface area (Å²) in [6.07, 6.45) is 0. The van der Waals surface area contributed by atoms with E-state index in [0.717, 1.165) is 6.54 Å². The number of anilines is 2. The molecule has 0 unspecified atom stereocenters. The molecule has 0 bridgehead atoms. The summed E-state index contributed by atoms with van der Waals surface area (Å²) in [6, 6.07) is 35.8. The zero-order chi connectivity index (χ0) is 18.7. The van der Waals surface area contributed by atoms with Crippen LogP contribution < -0.4 is 4.90 Å². The van der Waals surface area contributed by atoms with Crippen LogP contribution in [0, 0.1) is 0 Å². The van der Waals surface area contributed by atoms with E-state index in [1.165, 1.54) is 44.8 Å². The summed E-state index contributed by atoms with van der Waals surface area (Å²) in [4.78, 5) is 2.46. The SMILES string of the molecule is CCN1c2ccccc2C2(c3ccccc3-c3ccccc32)c2ccccc21. The molecule has 1 heterocycles. The molecule has 0 radical (unpaired) electrons. The van der Waals surface area contributed by atoms with Crippen LogP contribution in [0.5, 0.6) is 0 Å². The van der Waals surface area contributed by atoms with Gasteiger partial charge >= 0.3 is 0 Å². The maximum absolute atomic E-state index is 2.46. The van der Waals surface area contributed by atoms with Crippen molar-refractivity contribution in [2.24, 2.45) is 0 Å². The molecule has 4 aromatic rings. The third-order valence-electron chi connectivity index (χ3n) is 6.47. The van der Waals surface area contributed by atoms with Crippen LogP contribution >= 0.6 is 0 Å². The highest BCUT2D eigenvalue weighted by molar-refractivity contribution is 5.92. The van der Waals surface area contributed by atoms with Crippen molar-refractivity contribution in [1.82, 2.24) is 0 Å². The van der Waals surface area contributed by atoms with E-state index in [1.807, 2.05) is 0 Å². The van der Waals surface area contributed by atoms with Gasteiger partial charge in [0.25, 0.3) is 0 Å². The van der Waals surface area contributed by atoms with Crippen molar-refractivity contribution >= 4 is 11.4 Å². The van der Waals surface area contributed by atoms with Crippen molar-refractivity contribution in [2.75, 3.05) is 11.4 Å². The van der Waals surface area contributed by atoms with Crippen LogP contribution in [0.25, 0.3) is 11.1 Å². The lowest BCUT2D eigenvalue weighted by Crippen LogP contribution is -2.37. The summed E-state index contributed by atoms with van der Waals surface area (Å²) in [5.74, 6) is 0. The molecule has 0 atom stereocenters. The lowest BCUT2D eigenvalue weighted by atomic mass is 9.65. The Hall–Kier alpha value is -3.32. The Balaban J connectivity index is 1.85. The van der Waals surface area contributed by atoms with Gasteiger partial charge in [0.05, 0.1) is 5.41 Å². The van der Waals surface area contributed by atoms with Gasteiger partial charge < -0.3 is 4.90 Å². The number of hydrogen-bond acceptors (Lipinski definition) is 1. The van der Waals surface area contributed by atoms with Gasteiger partial charge in [-0.1, -0.05) is 84.9 Å². The van der Waals surface area contributed by atoms with Gasteiger partial charge in [-0.2, -0.15) is 0 Å². The molecule has 2 aliphatic rings. The van der Waals surface area contributed by atoms with E-state index in [0.29, 0.717) is 0 Å². The van der Waals surface area contributed by atoms with Crippen LogP contribution in [-0.2, 0) is 5.41 Å². The van der Waals surface area contributed by atoms with Crippen LogP contribution in [0.1, 0.15) is 29.2 Å². The first kappa shape index (κ1) is 15.7. The zero-order valence-electron chi connectivity index (χ0n) is 15.9. The molecule has 0 saturated carbocycles. The summed E-state index contributed by atoms with van der Waals surface area (Å²) < 4.78 is 0. The molecule has 0 saturated heterocycles. The lowest BCUT2D eigenvalue weighted by molar-refractivity contribution is 0.739. The first-order valence-corrected chi connectivity index (χ1v) is 10.0. The van der Waals surface area contributed by atoms with Gasteiger partial charge in [0, 0.05) is 17.9 Å². The highest BCUT2D eigenvalue weighted by Crippen LogP contribution is 2.61. The van der Waals surface area contributed by atoms with Gasteiger partial charge in [-0.3, -0.25) is 0 Å². The summed E-state index contributed by atoms with van der Waals surface area (Å²) in [6.45, 7) is 3.19. The second-order valence-corrected chi connectivity index (χ2v) is 7.62. The fourth-order valence-corrected chi connectivity index (χ4v) is 5.48. The minimum absolute atomic E-state index is 0.258. The van der Waals surface area contributed by atoms with Crippen LogP contribution in [0.3, 0.4) is 0 Å². The minimum atomic E-state index is -0.258. The Kier molecular flexibility index (Phi) is 3.14. The zero-order valence-corrected chi connectivity index (χ0v) is 15.9. The van der Waals surface area contributed by atoms with Crippen LogP contribution in [0.4, 0.5) is 11.4 Å². The molecule has 0 aromatic heterocycles. The minimum Gasteiger partial charge on any atom is -0.341 e. The Morgan fingerprint density at radius 3 is 1.39 bits per heavy atom. The van der Waals surface area contributed by atoms with Gasteiger partial charge in [0.15, 0.2) is 0 Å². The summed E-state index contributed by atoms with van der Waals surface area (Å²) in [7, 11) is 0. The quantitative estimate of drug-likeness (QED) is 0.329. The van der Waals surface area contributed by atoms with E-state index < -0.39 is 0 Å². The summed E-state index contributed by atoms with van der Waals surface area (Å²) in [5, 5.41) is 0. The topological polar surface area (TPSA) is 3.24 Å². The molecule has 1 nitrogen and oxygen atoms in total. The smallest absolute Gasteiger partial charge is 0.0754 e. The van der Waals surface area contributed by atoms with Crippen molar-refractivity contribution in [1.29, 1.82) is 0 Å². The monoisotopic (exact) mass is 359 g/mol. The number of rotatable bonds is 1. The number of nitrogens with zero attached hydrogens (tertiary/aromatic N) is 1. The number of hydrogen-bond donors (Lipinski definition) is 0. The van der Waals surface area contributed by atoms with E-state index >= 15 is 0 Å². The Labute approximate surface area is 165 Å². The van der Waals surface area contributed by atoms with Crippen molar-refractivity contribution in [3.05, 3.63) is 119 Å². The fourth-order valence-electron chi connectivity index (χ4n) is 5.48. The fraction of sp³-hybridized carbons (Fsp3) is 0.111. The predicted octanol–water partition coefficient (Wildman–Crippen LogP) is 6.52. The van der Waals surface area contributed by atoms with Gasteiger partial charge in [0.2, 0.25) is 0 Å². The molecule has 0 amide bonds. The van der Waals surface area contributed by atoms with E-state index in [1.54, 1.807) is 0 Å². The van der Waals surface area contributed by atoms with E-state index in [4.69, 9.17) is 0 Å². The molecule has 28 heavy (non-hydrogen) atoms. The summed E-state index contributed by atoms with van der Waals surface area (Å²) in [5.41, 5.74) is 10.6. The van der Waals surface area contributed by atoms with Crippen molar-refractivity contribution in [3.8, 4) is 11.1 Å². The maximum Gasteiger partial charge on any atom is 0.0754 e. The second-order valence-electron chi connectivity index (χ2n) is 7.62. The number of para-hydroxylation sites is 2. The van der Waals surface area contributed by atoms with Crippen molar-refractivity contribution < 1.29 is 0 Å². The molecule has 0 N–H and O–H groups in total. The third kappa shape index (κ3) is 1.72. The first-order chi connectivity index (χ1) is 13.9. The molecule has 6 rings (SSSR count). The summed E-state index contributed by atoms with van der Waals surface area (Å²) >= 11 is 0. The molecular weight excluding hydrogens is 338 g/mol. The Bertz CT molecular complexity index is 1130. The van der Waals surface area contributed by atoms with Crippen molar-refractivity contribution in [2.45, 2.75) is 12.3 Å². The Morgan fingerprint density at radius 2 is 0.929 bits per heavy atom. The second kappa shape index (κ2) is 5.59. The average Bonchev–Trinajstić information content (AvgIpc) is 3.06. The molecule has 1 heteroatoms. The predicted molar refractivity (Wildman–Crippen MR) is 116 cm³/mol. The van der Waals surface area contributed by atoms with Crippen molar-refractivity contribution in [3.63, 3.8) is 0 Å². The largest absolute Gasteiger partial charge is 0.341 e. The maximum atomic E-state index is 2.46. The standard InChI is InChI=1S/C27H21N/c1-2-28-25-17-9-7-15-23(25)27(24-16-8-10-18-26(24)28)21-13-5-3-11-19(21)20-12-4-6-14-22(20)27/h3-18H,2H2,1H3. The molecule has 134 valence electrons. The molecule has 1 aliphatic heterocycles. The van der Waals surface area contributed by atoms with Crippen LogP contribution in [0.15, 0.2) is 97.1 Å². The molecule has 0 fully saturated rings. The molecule has 4 aromatic carbocycles. The highest BCUT2D eigenvalue weighted by atomic mass is 15.1. The number of benzene rings is 4. The normalized spacial score (nSPS) is 15.0. The van der Waals surface area contributed by atoms with Gasteiger partial charge in [-0.25, -0.2) is 0 Å². The van der Waals surface area contributed by atoms with Gasteiger partial charge in [-0.05, 0) is 52.4 Å². The van der Waals surface area contributed by atoms with E-state index in [9.17, 15) is 0 Å². The molecular formula is C27H21N. The number of fused-ring (bicyclic) bond motifs is 9. The molecule has 1 spiro atoms. The van der Waals surface area contributed by atoms with Gasteiger partial charge in [0.1, 0.15) is 0 Å². The third-order valence-corrected chi connectivity index (χ3v) is 6.47. The average molecular weight is 359 g/mol. The highest BCUT2D eigenvalue weighted by Gasteiger charge is 2.50.